The fourth-order valence-corrected chi connectivity index (χ4v) is 4.90. The number of aromatic carboxylic acids is 1. The van der Waals surface area contributed by atoms with Crippen molar-refractivity contribution in [1.82, 2.24) is 4.57 Å². The third kappa shape index (κ3) is 5.18. The number of carbonyl (C=O) groups is 2. The number of hydrogen-bond donors (Lipinski definition) is 1. The average Bonchev–Trinajstić information content (AvgIpc) is 3.22. The van der Waals surface area contributed by atoms with Gasteiger partial charge in [0, 0.05) is 33.6 Å². The first-order chi connectivity index (χ1) is 18.5. The summed E-state index contributed by atoms with van der Waals surface area (Å²) in [5.41, 5.74) is 3.08. The summed E-state index contributed by atoms with van der Waals surface area (Å²) in [5, 5.41) is 11.4. The van der Waals surface area contributed by atoms with Gasteiger partial charge in [0.05, 0.1) is 5.56 Å². The van der Waals surface area contributed by atoms with Gasteiger partial charge in [0.25, 0.3) is 0 Å². The summed E-state index contributed by atoms with van der Waals surface area (Å²) in [4.78, 5) is 24.6. The predicted molar refractivity (Wildman–Crippen MR) is 145 cm³/mol. The molecule has 0 fully saturated rings. The number of hydrogen-bond acceptors (Lipinski definition) is 2. The summed E-state index contributed by atoms with van der Waals surface area (Å²) in [6, 6.07) is 24.1. The number of aromatic nitrogens is 1. The van der Waals surface area contributed by atoms with Crippen molar-refractivity contribution in [2.75, 3.05) is 0 Å². The Morgan fingerprint density at radius 3 is 2.18 bits per heavy atom. The minimum absolute atomic E-state index is 0.0561. The Labute approximate surface area is 226 Å². The number of nitrogens with zero attached hydrogens (tertiary/aromatic N) is 1. The summed E-state index contributed by atoms with van der Waals surface area (Å²) >= 11 is 6.09. The van der Waals surface area contributed by atoms with Gasteiger partial charge in [-0.2, -0.15) is 13.2 Å². The molecule has 0 unspecified atom stereocenters. The maximum atomic E-state index is 13.4. The molecule has 0 aliphatic heterocycles. The van der Waals surface area contributed by atoms with Gasteiger partial charge in [-0.3, -0.25) is 4.79 Å². The first kappa shape index (κ1) is 26.3. The summed E-state index contributed by atoms with van der Waals surface area (Å²) in [6.07, 6.45) is -4.53. The van der Waals surface area contributed by atoms with E-state index in [4.69, 9.17) is 11.6 Å². The molecule has 0 radical (unpaired) electrons. The van der Waals surface area contributed by atoms with Gasteiger partial charge in [-0.15, -0.1) is 0 Å². The van der Waals surface area contributed by atoms with Crippen molar-refractivity contribution in [2.24, 2.45) is 0 Å². The van der Waals surface area contributed by atoms with E-state index in [9.17, 15) is 27.9 Å². The zero-order chi connectivity index (χ0) is 27.9. The molecule has 5 rings (SSSR count). The fourth-order valence-electron chi connectivity index (χ4n) is 4.78. The number of halogens is 4. The van der Waals surface area contributed by atoms with Gasteiger partial charge in [-0.25, -0.2) is 4.79 Å². The van der Waals surface area contributed by atoms with E-state index in [1.807, 2.05) is 18.2 Å². The predicted octanol–water partition coefficient (Wildman–Crippen LogP) is 8.60. The second-order valence-electron chi connectivity index (χ2n) is 9.19. The summed E-state index contributed by atoms with van der Waals surface area (Å²) in [6.45, 7) is 1.39. The highest BCUT2D eigenvalue weighted by Crippen LogP contribution is 2.39. The first-order valence-corrected chi connectivity index (χ1v) is 12.3. The lowest BCUT2D eigenvalue weighted by Gasteiger charge is -2.12. The first-order valence-electron chi connectivity index (χ1n) is 12.0. The third-order valence-electron chi connectivity index (χ3n) is 6.60. The van der Waals surface area contributed by atoms with Gasteiger partial charge in [-0.05, 0) is 71.6 Å². The molecule has 4 nitrogen and oxygen atoms in total. The molecular weight excluding hydrogens is 527 g/mol. The van der Waals surface area contributed by atoms with Crippen molar-refractivity contribution < 1.29 is 27.9 Å². The van der Waals surface area contributed by atoms with Crippen LogP contribution in [0.3, 0.4) is 0 Å². The van der Waals surface area contributed by atoms with Crippen LogP contribution in [0.5, 0.6) is 0 Å². The smallest absolute Gasteiger partial charge is 0.416 e. The maximum Gasteiger partial charge on any atom is 0.416 e. The van der Waals surface area contributed by atoms with Crippen molar-refractivity contribution in [2.45, 2.75) is 19.6 Å². The van der Waals surface area contributed by atoms with E-state index in [1.165, 1.54) is 23.6 Å². The Bertz CT molecular complexity index is 1740. The van der Waals surface area contributed by atoms with E-state index in [1.54, 1.807) is 48.5 Å². The Balaban J connectivity index is 1.76. The highest BCUT2D eigenvalue weighted by molar-refractivity contribution is 6.30. The van der Waals surface area contributed by atoms with Crippen LogP contribution in [0.2, 0.25) is 5.02 Å². The Kier molecular flexibility index (Phi) is 6.78. The molecule has 0 bridgehead atoms. The van der Waals surface area contributed by atoms with Crippen LogP contribution in [0.4, 0.5) is 13.2 Å². The minimum Gasteiger partial charge on any atom is -0.477 e. The van der Waals surface area contributed by atoms with E-state index in [-0.39, 0.29) is 18.0 Å². The van der Waals surface area contributed by atoms with Gasteiger partial charge in [0.1, 0.15) is 5.69 Å². The number of carbonyl (C=O) groups excluding carboxylic acids is 1. The molecule has 0 saturated heterocycles. The van der Waals surface area contributed by atoms with Crippen LogP contribution in [0, 0.1) is 0 Å². The average molecular weight is 548 g/mol. The lowest BCUT2D eigenvalue weighted by molar-refractivity contribution is -0.137. The summed E-state index contributed by atoms with van der Waals surface area (Å²) in [7, 11) is 0. The molecule has 0 aliphatic rings. The van der Waals surface area contributed by atoms with Crippen molar-refractivity contribution in [3.63, 3.8) is 0 Å². The van der Waals surface area contributed by atoms with Crippen LogP contribution >= 0.6 is 11.6 Å². The van der Waals surface area contributed by atoms with Crippen molar-refractivity contribution >= 4 is 34.3 Å². The van der Waals surface area contributed by atoms with Gasteiger partial charge in [0.15, 0.2) is 5.78 Å². The Morgan fingerprint density at radius 2 is 1.51 bits per heavy atom. The molecule has 0 saturated carbocycles. The van der Waals surface area contributed by atoms with Crippen LogP contribution in [0.15, 0.2) is 91.0 Å². The van der Waals surface area contributed by atoms with Crippen LogP contribution < -0.4 is 0 Å². The molecule has 0 aliphatic carbocycles. The number of carboxylic acid groups (broad SMARTS) is 1. The Hall–Kier alpha value is -4.36. The van der Waals surface area contributed by atoms with Crippen LogP contribution in [-0.2, 0) is 12.7 Å². The van der Waals surface area contributed by atoms with E-state index < -0.39 is 17.7 Å². The van der Waals surface area contributed by atoms with E-state index >= 15 is 0 Å². The molecule has 0 amide bonds. The zero-order valence-electron chi connectivity index (χ0n) is 20.6. The molecule has 0 spiro atoms. The van der Waals surface area contributed by atoms with Crippen molar-refractivity contribution in [1.29, 1.82) is 0 Å². The highest BCUT2D eigenvalue weighted by Gasteiger charge is 2.31. The van der Waals surface area contributed by atoms with Crippen LogP contribution in [-0.4, -0.2) is 21.4 Å². The lowest BCUT2D eigenvalue weighted by Crippen LogP contribution is -2.11. The van der Waals surface area contributed by atoms with Gasteiger partial charge < -0.3 is 9.67 Å². The molecular formula is C31H21ClF3NO3. The van der Waals surface area contributed by atoms with Gasteiger partial charge >= 0.3 is 12.1 Å². The number of rotatable bonds is 6. The second-order valence-corrected chi connectivity index (χ2v) is 9.63. The SMILES string of the molecule is CC(=O)c1cccc(-c2ccc3c(c2)c(-c2ccc(Cl)cc2)c(C(=O)O)n3Cc2cccc(C(F)(F)F)c2)c1. The number of carboxylic acids is 1. The fraction of sp³-hybridized carbons (Fsp3) is 0.0968. The molecule has 39 heavy (non-hydrogen) atoms. The topological polar surface area (TPSA) is 59.3 Å². The molecule has 1 aromatic heterocycles. The van der Waals surface area contributed by atoms with Crippen LogP contribution in [0.1, 0.15) is 38.9 Å². The molecule has 5 aromatic rings. The minimum atomic E-state index is -4.53. The number of ketones is 1. The quantitative estimate of drug-likeness (QED) is 0.216. The summed E-state index contributed by atoms with van der Waals surface area (Å²) in [5.74, 6) is -1.30. The largest absolute Gasteiger partial charge is 0.477 e. The maximum absolute atomic E-state index is 13.4. The number of benzene rings is 4. The standard InChI is InChI=1S/C31H21ClF3NO3/c1-18(37)21-5-3-6-22(15-21)23-10-13-27-26(16-23)28(20-8-11-25(32)12-9-20)29(30(38)39)36(27)17-19-4-2-7-24(14-19)31(33,34)35/h2-16H,17H2,1H3,(H,38,39). The Morgan fingerprint density at radius 1 is 0.846 bits per heavy atom. The van der Waals surface area contributed by atoms with E-state index in [2.05, 4.69) is 0 Å². The molecule has 8 heteroatoms. The van der Waals surface area contributed by atoms with Crippen molar-refractivity contribution in [3.8, 4) is 22.3 Å². The monoisotopic (exact) mass is 547 g/mol. The normalized spacial score (nSPS) is 11.6. The molecule has 0 atom stereocenters. The summed E-state index contributed by atoms with van der Waals surface area (Å²) < 4.78 is 41.6. The number of alkyl halides is 3. The number of Topliss-reactive ketones (excluding diaryl/α,β-unsaturated/α-hetero) is 1. The van der Waals surface area contributed by atoms with Gasteiger partial charge in [0.2, 0.25) is 0 Å². The lowest BCUT2D eigenvalue weighted by atomic mass is 9.97. The number of fused-ring (bicyclic) bond motifs is 1. The van der Waals surface area contributed by atoms with E-state index in [0.29, 0.717) is 38.2 Å². The molecule has 1 N–H and O–H groups in total. The van der Waals surface area contributed by atoms with Gasteiger partial charge in [-0.1, -0.05) is 60.1 Å². The van der Waals surface area contributed by atoms with Crippen LogP contribution in [0.25, 0.3) is 33.2 Å². The highest BCUT2D eigenvalue weighted by atomic mass is 35.5. The zero-order valence-corrected chi connectivity index (χ0v) is 21.3. The second kappa shape index (κ2) is 10.1. The van der Waals surface area contributed by atoms with E-state index in [0.717, 1.165) is 23.3 Å². The third-order valence-corrected chi connectivity index (χ3v) is 6.85. The van der Waals surface area contributed by atoms with Crippen molar-refractivity contribution in [3.05, 3.63) is 118 Å². The molecule has 196 valence electrons. The molecule has 1 heterocycles. The molecule has 4 aromatic carbocycles.